The standard InChI is InChI=1S/C16H13N5OS/c1-9-7-21-8-11(3-5-14(21)18-9)19-15(22)12-6-10-2-4-13(17)20-16(10)23-12/h2-8H,1H3,(H2,17,20)(H,19,22). The lowest BCUT2D eigenvalue weighted by Gasteiger charge is -2.03. The van der Waals surface area contributed by atoms with Crippen molar-refractivity contribution in [3.8, 4) is 0 Å². The number of aryl methyl sites for hydroxylation is 1. The fourth-order valence-corrected chi connectivity index (χ4v) is 3.36. The molecule has 0 radical (unpaired) electrons. The topological polar surface area (TPSA) is 85.3 Å². The van der Waals surface area contributed by atoms with Crippen LogP contribution in [0.15, 0.2) is 42.7 Å². The summed E-state index contributed by atoms with van der Waals surface area (Å²) >= 11 is 1.32. The maximum Gasteiger partial charge on any atom is 0.265 e. The van der Waals surface area contributed by atoms with E-state index >= 15 is 0 Å². The van der Waals surface area contributed by atoms with Gasteiger partial charge in [-0.2, -0.15) is 0 Å². The van der Waals surface area contributed by atoms with Crippen LogP contribution in [0.5, 0.6) is 0 Å². The molecule has 0 saturated heterocycles. The van der Waals surface area contributed by atoms with E-state index in [1.165, 1.54) is 11.3 Å². The Kier molecular flexibility index (Phi) is 3.02. The van der Waals surface area contributed by atoms with Crippen LogP contribution in [-0.4, -0.2) is 20.3 Å². The van der Waals surface area contributed by atoms with E-state index in [2.05, 4.69) is 15.3 Å². The first-order chi connectivity index (χ1) is 11.1. The summed E-state index contributed by atoms with van der Waals surface area (Å²) in [6, 6.07) is 9.12. The van der Waals surface area contributed by atoms with E-state index in [1.807, 2.05) is 48.0 Å². The summed E-state index contributed by atoms with van der Waals surface area (Å²) in [4.78, 5) is 22.4. The molecule has 0 unspecified atom stereocenters. The normalized spacial score (nSPS) is 11.2. The second-order valence-electron chi connectivity index (χ2n) is 5.26. The van der Waals surface area contributed by atoms with Gasteiger partial charge in [-0.3, -0.25) is 4.79 Å². The summed E-state index contributed by atoms with van der Waals surface area (Å²) in [6.45, 7) is 1.93. The highest BCUT2D eigenvalue weighted by Gasteiger charge is 2.12. The molecule has 0 saturated carbocycles. The number of nitrogens with two attached hydrogens (primary N) is 1. The maximum atomic E-state index is 12.4. The minimum absolute atomic E-state index is 0.164. The Balaban J connectivity index is 1.64. The minimum Gasteiger partial charge on any atom is -0.384 e. The fraction of sp³-hybridized carbons (Fsp3) is 0.0625. The molecule has 3 N–H and O–H groups in total. The Hall–Kier alpha value is -2.93. The predicted octanol–water partition coefficient (Wildman–Crippen LogP) is 3.09. The number of nitrogens with one attached hydrogen (secondary N) is 1. The van der Waals surface area contributed by atoms with Crippen LogP contribution in [-0.2, 0) is 0 Å². The molecule has 4 rings (SSSR count). The summed E-state index contributed by atoms with van der Waals surface area (Å²) in [6.07, 6.45) is 3.76. The summed E-state index contributed by atoms with van der Waals surface area (Å²) in [5.74, 6) is 0.287. The number of nitrogens with zero attached hydrogens (tertiary/aromatic N) is 3. The second kappa shape index (κ2) is 5.06. The number of pyridine rings is 2. The van der Waals surface area contributed by atoms with E-state index < -0.39 is 0 Å². The third kappa shape index (κ3) is 2.51. The summed E-state index contributed by atoms with van der Waals surface area (Å²) in [7, 11) is 0. The van der Waals surface area contributed by atoms with Crippen molar-refractivity contribution in [2.24, 2.45) is 0 Å². The van der Waals surface area contributed by atoms with Gasteiger partial charge in [0.25, 0.3) is 5.91 Å². The first-order valence-electron chi connectivity index (χ1n) is 7.01. The van der Waals surface area contributed by atoms with E-state index in [4.69, 9.17) is 5.73 Å². The van der Waals surface area contributed by atoms with Gasteiger partial charge in [0.05, 0.1) is 16.3 Å². The molecule has 114 valence electrons. The number of fused-ring (bicyclic) bond motifs is 2. The van der Waals surface area contributed by atoms with Crippen molar-refractivity contribution in [1.29, 1.82) is 0 Å². The summed E-state index contributed by atoms with van der Waals surface area (Å²) < 4.78 is 1.89. The van der Waals surface area contributed by atoms with Crippen molar-refractivity contribution < 1.29 is 4.79 Å². The number of thiophene rings is 1. The average molecular weight is 323 g/mol. The SMILES string of the molecule is Cc1cn2cc(NC(=O)c3cc4ccc(N)nc4s3)ccc2n1. The van der Waals surface area contributed by atoms with Crippen LogP contribution in [0.3, 0.4) is 0 Å². The van der Waals surface area contributed by atoms with Crippen LogP contribution in [0.25, 0.3) is 15.9 Å². The zero-order chi connectivity index (χ0) is 16.0. The Morgan fingerprint density at radius 3 is 2.96 bits per heavy atom. The van der Waals surface area contributed by atoms with Gasteiger partial charge in [-0.25, -0.2) is 9.97 Å². The maximum absolute atomic E-state index is 12.4. The van der Waals surface area contributed by atoms with E-state index in [9.17, 15) is 4.79 Å². The number of anilines is 2. The molecule has 0 bridgehead atoms. The van der Waals surface area contributed by atoms with Crippen molar-refractivity contribution in [3.63, 3.8) is 0 Å². The molecule has 0 aromatic carbocycles. The highest BCUT2D eigenvalue weighted by Crippen LogP contribution is 2.25. The third-order valence-electron chi connectivity index (χ3n) is 3.46. The van der Waals surface area contributed by atoms with Gasteiger partial charge in [-0.15, -0.1) is 11.3 Å². The lowest BCUT2D eigenvalue weighted by Crippen LogP contribution is -2.10. The number of imidazole rings is 1. The minimum atomic E-state index is -0.164. The second-order valence-corrected chi connectivity index (χ2v) is 6.29. The molecule has 1 amide bonds. The number of nitrogen functional groups attached to an aromatic ring is 1. The lowest BCUT2D eigenvalue weighted by atomic mass is 10.3. The van der Waals surface area contributed by atoms with Gasteiger partial charge in [0, 0.05) is 17.8 Å². The molecule has 4 aromatic heterocycles. The first kappa shape index (κ1) is 13.7. The van der Waals surface area contributed by atoms with Crippen LogP contribution in [0.1, 0.15) is 15.4 Å². The number of carbonyl (C=O) groups excluding carboxylic acids is 1. The van der Waals surface area contributed by atoms with E-state index in [0.29, 0.717) is 16.4 Å². The molecular weight excluding hydrogens is 310 g/mol. The van der Waals surface area contributed by atoms with Crippen molar-refractivity contribution in [3.05, 3.63) is 53.3 Å². The van der Waals surface area contributed by atoms with Crippen LogP contribution >= 0.6 is 11.3 Å². The molecule has 0 aliphatic heterocycles. The van der Waals surface area contributed by atoms with Gasteiger partial charge >= 0.3 is 0 Å². The number of hydrogen-bond donors (Lipinski definition) is 2. The number of aromatic nitrogens is 3. The van der Waals surface area contributed by atoms with E-state index in [0.717, 1.165) is 21.6 Å². The van der Waals surface area contributed by atoms with Gasteiger partial charge in [0.2, 0.25) is 0 Å². The Bertz CT molecular complexity index is 1050. The molecule has 23 heavy (non-hydrogen) atoms. The van der Waals surface area contributed by atoms with Gasteiger partial charge < -0.3 is 15.5 Å². The number of amides is 1. The summed E-state index contributed by atoms with van der Waals surface area (Å²) in [5, 5.41) is 3.81. The Labute approximate surface area is 135 Å². The first-order valence-corrected chi connectivity index (χ1v) is 7.83. The molecule has 4 heterocycles. The quantitative estimate of drug-likeness (QED) is 0.593. The molecular formula is C16H13N5OS. The molecule has 0 atom stereocenters. The third-order valence-corrected chi connectivity index (χ3v) is 4.50. The van der Waals surface area contributed by atoms with Gasteiger partial charge in [0.15, 0.2) is 0 Å². The largest absolute Gasteiger partial charge is 0.384 e. The molecule has 7 heteroatoms. The monoisotopic (exact) mass is 323 g/mol. The van der Waals surface area contributed by atoms with Gasteiger partial charge in [-0.1, -0.05) is 0 Å². The van der Waals surface area contributed by atoms with E-state index in [-0.39, 0.29) is 5.91 Å². The average Bonchev–Trinajstić information content (AvgIpc) is 3.08. The highest BCUT2D eigenvalue weighted by atomic mass is 32.1. The Morgan fingerprint density at radius 1 is 1.22 bits per heavy atom. The van der Waals surface area contributed by atoms with E-state index in [1.54, 1.807) is 6.07 Å². The van der Waals surface area contributed by atoms with Crippen molar-refractivity contribution in [1.82, 2.24) is 14.4 Å². The van der Waals surface area contributed by atoms with Crippen LogP contribution in [0, 0.1) is 6.92 Å². The van der Waals surface area contributed by atoms with Gasteiger partial charge in [-0.05, 0) is 37.3 Å². The zero-order valence-corrected chi connectivity index (χ0v) is 13.1. The predicted molar refractivity (Wildman–Crippen MR) is 91.9 cm³/mol. The van der Waals surface area contributed by atoms with Crippen molar-refractivity contribution in [2.75, 3.05) is 11.1 Å². The van der Waals surface area contributed by atoms with Crippen LogP contribution in [0.2, 0.25) is 0 Å². The molecule has 0 aliphatic carbocycles. The van der Waals surface area contributed by atoms with Crippen molar-refractivity contribution >= 4 is 44.6 Å². The fourth-order valence-electron chi connectivity index (χ4n) is 2.43. The van der Waals surface area contributed by atoms with Crippen LogP contribution in [0.4, 0.5) is 11.5 Å². The molecule has 6 nitrogen and oxygen atoms in total. The molecule has 0 aliphatic rings. The number of carbonyl (C=O) groups is 1. The summed E-state index contributed by atoms with van der Waals surface area (Å²) in [5.41, 5.74) is 8.17. The highest BCUT2D eigenvalue weighted by molar-refractivity contribution is 7.20. The molecule has 4 aromatic rings. The number of rotatable bonds is 2. The number of hydrogen-bond acceptors (Lipinski definition) is 5. The zero-order valence-electron chi connectivity index (χ0n) is 12.3. The molecule has 0 spiro atoms. The molecule has 0 fully saturated rings. The smallest absolute Gasteiger partial charge is 0.265 e. The van der Waals surface area contributed by atoms with Crippen LogP contribution < -0.4 is 11.1 Å². The van der Waals surface area contributed by atoms with Gasteiger partial charge in [0.1, 0.15) is 16.3 Å². The Morgan fingerprint density at radius 2 is 2.09 bits per heavy atom. The van der Waals surface area contributed by atoms with Crippen molar-refractivity contribution in [2.45, 2.75) is 6.92 Å². The lowest BCUT2D eigenvalue weighted by molar-refractivity contribution is 0.103.